The number of nitrogens with one attached hydrogen (secondary N) is 1. The third-order valence-electron chi connectivity index (χ3n) is 3.49. The number of fused-ring (bicyclic) bond motifs is 1. The highest BCUT2D eigenvalue weighted by atomic mass is 19.4. The van der Waals surface area contributed by atoms with Crippen LogP contribution in [0.4, 0.5) is 13.2 Å². The van der Waals surface area contributed by atoms with E-state index in [4.69, 9.17) is 4.74 Å². The molecule has 0 saturated heterocycles. The third kappa shape index (κ3) is 3.73. The van der Waals surface area contributed by atoms with Gasteiger partial charge in [0.15, 0.2) is 0 Å². The van der Waals surface area contributed by atoms with Crippen molar-refractivity contribution in [3.05, 3.63) is 66.1 Å². The first kappa shape index (κ1) is 16.8. The maximum atomic E-state index is 12.9. The predicted octanol–water partition coefficient (Wildman–Crippen LogP) is 3.16. The number of nitrogens with zero attached hydrogens (tertiary/aromatic N) is 2. The molecule has 3 aromatic rings. The maximum Gasteiger partial charge on any atom is 0.419 e. The van der Waals surface area contributed by atoms with Gasteiger partial charge in [0, 0.05) is 6.20 Å². The molecular weight excluding hydrogens is 335 g/mol. The van der Waals surface area contributed by atoms with Gasteiger partial charge in [-0.2, -0.15) is 13.2 Å². The second-order valence-corrected chi connectivity index (χ2v) is 5.17. The number of aromatic nitrogens is 2. The Kier molecular flexibility index (Phi) is 4.60. The van der Waals surface area contributed by atoms with E-state index >= 15 is 0 Å². The van der Waals surface area contributed by atoms with Crippen LogP contribution in [0.2, 0.25) is 0 Å². The first-order valence-corrected chi connectivity index (χ1v) is 7.46. The van der Waals surface area contributed by atoms with Crippen molar-refractivity contribution in [2.45, 2.75) is 6.18 Å². The quantitative estimate of drug-likeness (QED) is 0.720. The summed E-state index contributed by atoms with van der Waals surface area (Å²) in [5.74, 6) is -0.648. The number of imidazole rings is 1. The number of alkyl halides is 3. The van der Waals surface area contributed by atoms with Crippen LogP contribution in [0, 0.1) is 0 Å². The number of hydrogen-bond donors (Lipinski definition) is 1. The molecule has 0 saturated carbocycles. The Labute approximate surface area is 141 Å². The summed E-state index contributed by atoms with van der Waals surface area (Å²) in [5.41, 5.74) is 0.123. The van der Waals surface area contributed by atoms with Gasteiger partial charge in [-0.05, 0) is 24.3 Å². The Morgan fingerprint density at radius 1 is 1.16 bits per heavy atom. The molecule has 0 unspecified atom stereocenters. The molecule has 1 aromatic carbocycles. The summed E-state index contributed by atoms with van der Waals surface area (Å²) in [6, 6.07) is 10.3. The summed E-state index contributed by atoms with van der Waals surface area (Å²) in [5, 5.41) is 2.60. The average molecular weight is 349 g/mol. The summed E-state index contributed by atoms with van der Waals surface area (Å²) in [6.07, 6.45) is -1.35. The number of halogens is 3. The molecule has 5 nitrogen and oxygen atoms in total. The third-order valence-corrected chi connectivity index (χ3v) is 3.49. The van der Waals surface area contributed by atoms with E-state index in [0.29, 0.717) is 11.3 Å². The van der Waals surface area contributed by atoms with Crippen molar-refractivity contribution in [3.8, 4) is 5.75 Å². The molecule has 0 atom stereocenters. The molecule has 0 aliphatic carbocycles. The molecule has 0 spiro atoms. The maximum absolute atomic E-state index is 12.9. The van der Waals surface area contributed by atoms with Crippen LogP contribution in [0.15, 0.2) is 54.9 Å². The first-order chi connectivity index (χ1) is 12.0. The van der Waals surface area contributed by atoms with Crippen molar-refractivity contribution in [2.75, 3.05) is 13.2 Å². The fraction of sp³-hybridized carbons (Fsp3) is 0.176. The van der Waals surface area contributed by atoms with E-state index in [1.54, 1.807) is 28.8 Å². The lowest BCUT2D eigenvalue weighted by atomic mass is 10.2. The van der Waals surface area contributed by atoms with E-state index < -0.39 is 11.7 Å². The zero-order valence-electron chi connectivity index (χ0n) is 13.0. The summed E-state index contributed by atoms with van der Waals surface area (Å²) in [7, 11) is 0. The molecule has 0 fully saturated rings. The van der Waals surface area contributed by atoms with Crippen molar-refractivity contribution in [2.24, 2.45) is 0 Å². The van der Waals surface area contributed by atoms with Crippen LogP contribution in [0.5, 0.6) is 5.75 Å². The number of benzene rings is 1. The highest BCUT2D eigenvalue weighted by Crippen LogP contribution is 2.35. The van der Waals surface area contributed by atoms with Crippen LogP contribution in [0.3, 0.4) is 0 Å². The van der Waals surface area contributed by atoms with E-state index in [1.165, 1.54) is 24.4 Å². The molecule has 8 heteroatoms. The zero-order chi connectivity index (χ0) is 17.9. The van der Waals surface area contributed by atoms with Gasteiger partial charge in [-0.3, -0.25) is 9.20 Å². The number of carbonyl (C=O) groups is 1. The van der Waals surface area contributed by atoms with E-state index in [2.05, 4.69) is 10.3 Å². The lowest BCUT2D eigenvalue weighted by Crippen LogP contribution is -2.29. The molecular formula is C17H14F3N3O2. The van der Waals surface area contributed by atoms with Crippen LogP contribution in [0.1, 0.15) is 16.1 Å². The summed E-state index contributed by atoms with van der Waals surface area (Å²) in [4.78, 5) is 16.2. The van der Waals surface area contributed by atoms with Gasteiger partial charge in [0.25, 0.3) is 5.91 Å². The molecule has 3 rings (SSSR count). The summed E-state index contributed by atoms with van der Waals surface area (Å²) in [6.45, 7) is -0.0271. The number of carbonyl (C=O) groups excluding carboxylic acids is 1. The van der Waals surface area contributed by atoms with Crippen LogP contribution < -0.4 is 10.1 Å². The number of amides is 1. The summed E-state index contributed by atoms with van der Waals surface area (Å²) < 4.78 is 45.4. The topological polar surface area (TPSA) is 55.6 Å². The SMILES string of the molecule is O=C(NCCOc1ccccc1C(F)(F)F)c1cnc2ccccn12. The summed E-state index contributed by atoms with van der Waals surface area (Å²) >= 11 is 0. The van der Waals surface area contributed by atoms with Crippen LogP contribution in [-0.4, -0.2) is 28.4 Å². The van der Waals surface area contributed by atoms with Gasteiger partial charge in [0.05, 0.1) is 18.3 Å². The second-order valence-electron chi connectivity index (χ2n) is 5.17. The molecule has 25 heavy (non-hydrogen) atoms. The number of ether oxygens (including phenoxy) is 1. The Hall–Kier alpha value is -3.03. The van der Waals surface area contributed by atoms with Crippen molar-refractivity contribution < 1.29 is 22.7 Å². The molecule has 130 valence electrons. The van der Waals surface area contributed by atoms with E-state index in [-0.39, 0.29) is 24.8 Å². The van der Waals surface area contributed by atoms with E-state index in [1.807, 2.05) is 0 Å². The minimum atomic E-state index is -4.49. The number of hydrogen-bond acceptors (Lipinski definition) is 3. The van der Waals surface area contributed by atoms with Crippen molar-refractivity contribution >= 4 is 11.6 Å². The number of para-hydroxylation sites is 1. The van der Waals surface area contributed by atoms with Gasteiger partial charge < -0.3 is 10.1 Å². The number of rotatable bonds is 5. The van der Waals surface area contributed by atoms with Gasteiger partial charge in [0.2, 0.25) is 0 Å². The monoisotopic (exact) mass is 349 g/mol. The first-order valence-electron chi connectivity index (χ1n) is 7.46. The number of pyridine rings is 1. The lowest BCUT2D eigenvalue weighted by Gasteiger charge is -2.13. The molecule has 1 amide bonds. The molecule has 0 aliphatic heterocycles. The standard InChI is InChI=1S/C17H14F3N3O2/c18-17(19,20)12-5-1-2-6-14(12)25-10-8-21-16(24)13-11-22-15-7-3-4-9-23(13)15/h1-7,9,11H,8,10H2,(H,21,24). The Bertz CT molecular complexity index is 890. The lowest BCUT2D eigenvalue weighted by molar-refractivity contribution is -0.138. The zero-order valence-corrected chi connectivity index (χ0v) is 13.0. The van der Waals surface area contributed by atoms with Crippen molar-refractivity contribution in [1.82, 2.24) is 14.7 Å². The van der Waals surface area contributed by atoms with Crippen LogP contribution in [0.25, 0.3) is 5.65 Å². The fourth-order valence-corrected chi connectivity index (χ4v) is 2.34. The van der Waals surface area contributed by atoms with E-state index in [9.17, 15) is 18.0 Å². The minimum Gasteiger partial charge on any atom is -0.491 e. The molecule has 1 N–H and O–H groups in total. The molecule has 0 radical (unpaired) electrons. The fourth-order valence-electron chi connectivity index (χ4n) is 2.34. The second kappa shape index (κ2) is 6.84. The van der Waals surface area contributed by atoms with Gasteiger partial charge in [-0.25, -0.2) is 4.98 Å². The van der Waals surface area contributed by atoms with Crippen molar-refractivity contribution in [1.29, 1.82) is 0 Å². The molecule has 2 heterocycles. The van der Waals surface area contributed by atoms with Crippen LogP contribution in [-0.2, 0) is 6.18 Å². The van der Waals surface area contributed by atoms with Gasteiger partial charge in [0.1, 0.15) is 23.7 Å². The highest BCUT2D eigenvalue weighted by molar-refractivity contribution is 5.93. The van der Waals surface area contributed by atoms with Gasteiger partial charge >= 0.3 is 6.18 Å². The van der Waals surface area contributed by atoms with Crippen LogP contribution >= 0.6 is 0 Å². The minimum absolute atomic E-state index is 0.0606. The molecule has 0 bridgehead atoms. The smallest absolute Gasteiger partial charge is 0.419 e. The Morgan fingerprint density at radius 2 is 1.92 bits per heavy atom. The molecule has 2 aromatic heterocycles. The largest absolute Gasteiger partial charge is 0.491 e. The van der Waals surface area contributed by atoms with Gasteiger partial charge in [-0.15, -0.1) is 0 Å². The Morgan fingerprint density at radius 3 is 2.72 bits per heavy atom. The van der Waals surface area contributed by atoms with Gasteiger partial charge in [-0.1, -0.05) is 18.2 Å². The van der Waals surface area contributed by atoms with E-state index in [0.717, 1.165) is 6.07 Å². The average Bonchev–Trinajstić information content (AvgIpc) is 3.02. The predicted molar refractivity (Wildman–Crippen MR) is 84.5 cm³/mol. The highest BCUT2D eigenvalue weighted by Gasteiger charge is 2.33. The molecule has 0 aliphatic rings. The Balaban J connectivity index is 1.58. The van der Waals surface area contributed by atoms with Crippen molar-refractivity contribution in [3.63, 3.8) is 0 Å². The normalized spacial score (nSPS) is 11.5.